The molecule has 2 N–H and O–H groups in total. The molecule has 0 rings (SSSR count). The standard InChI is InChI=1S/C8H11NO2/c1-4-7(9)5-6(2)8(10)11-3/h4-5H,1-2,9H2,3H3/b7-5-. The summed E-state index contributed by atoms with van der Waals surface area (Å²) in [5, 5.41) is 0. The van der Waals surface area contributed by atoms with Gasteiger partial charge in [-0.15, -0.1) is 0 Å². The van der Waals surface area contributed by atoms with Gasteiger partial charge >= 0.3 is 5.97 Å². The van der Waals surface area contributed by atoms with Gasteiger partial charge in [0.1, 0.15) is 0 Å². The van der Waals surface area contributed by atoms with Crippen LogP contribution in [0.1, 0.15) is 0 Å². The van der Waals surface area contributed by atoms with Gasteiger partial charge in [-0.1, -0.05) is 13.2 Å². The first-order chi connectivity index (χ1) is 5.11. The van der Waals surface area contributed by atoms with Crippen molar-refractivity contribution in [2.75, 3.05) is 7.11 Å². The Hall–Kier alpha value is -1.51. The maximum atomic E-state index is 10.7. The zero-order chi connectivity index (χ0) is 8.85. The fourth-order valence-electron chi connectivity index (χ4n) is 0.450. The van der Waals surface area contributed by atoms with Gasteiger partial charge in [0.2, 0.25) is 0 Å². The molecule has 0 atom stereocenters. The number of hydrogen-bond donors (Lipinski definition) is 1. The Kier molecular flexibility index (Phi) is 3.73. The van der Waals surface area contributed by atoms with Crippen molar-refractivity contribution in [3.63, 3.8) is 0 Å². The van der Waals surface area contributed by atoms with Gasteiger partial charge < -0.3 is 10.5 Å². The van der Waals surface area contributed by atoms with E-state index in [0.29, 0.717) is 5.70 Å². The zero-order valence-electron chi connectivity index (χ0n) is 6.46. The molecule has 0 aromatic rings. The second kappa shape index (κ2) is 4.33. The molecule has 0 aliphatic rings. The molecule has 60 valence electrons. The quantitative estimate of drug-likeness (QED) is 0.369. The van der Waals surface area contributed by atoms with E-state index in [1.165, 1.54) is 19.3 Å². The molecule has 0 bridgehead atoms. The topological polar surface area (TPSA) is 52.3 Å². The van der Waals surface area contributed by atoms with Crippen LogP contribution in [0, 0.1) is 0 Å². The number of carbonyl (C=O) groups is 1. The number of methoxy groups -OCH3 is 1. The lowest BCUT2D eigenvalue weighted by atomic mass is 10.2. The van der Waals surface area contributed by atoms with Crippen molar-refractivity contribution in [3.05, 3.63) is 36.6 Å². The Morgan fingerprint density at radius 3 is 2.55 bits per heavy atom. The molecule has 11 heavy (non-hydrogen) atoms. The van der Waals surface area contributed by atoms with Crippen LogP contribution < -0.4 is 5.73 Å². The van der Waals surface area contributed by atoms with Crippen LogP contribution in [0.25, 0.3) is 0 Å². The summed E-state index contributed by atoms with van der Waals surface area (Å²) in [5.41, 5.74) is 5.94. The van der Waals surface area contributed by atoms with E-state index >= 15 is 0 Å². The van der Waals surface area contributed by atoms with Gasteiger partial charge in [-0.2, -0.15) is 0 Å². The Morgan fingerprint density at radius 1 is 1.64 bits per heavy atom. The third kappa shape index (κ3) is 3.25. The van der Waals surface area contributed by atoms with Gasteiger partial charge in [0.15, 0.2) is 0 Å². The molecule has 0 amide bonds. The number of rotatable bonds is 3. The Labute approximate surface area is 65.8 Å². The molecule has 3 nitrogen and oxygen atoms in total. The number of nitrogens with two attached hydrogens (primary N) is 1. The SMILES string of the molecule is C=C/C(N)=C/C(=C)C(=O)OC. The van der Waals surface area contributed by atoms with Gasteiger partial charge in [-0.25, -0.2) is 4.79 Å². The first-order valence-corrected chi connectivity index (χ1v) is 2.98. The highest BCUT2D eigenvalue weighted by molar-refractivity contribution is 5.90. The van der Waals surface area contributed by atoms with Crippen molar-refractivity contribution in [2.24, 2.45) is 5.73 Å². The molecule has 3 heteroatoms. The fourth-order valence-corrected chi connectivity index (χ4v) is 0.450. The summed E-state index contributed by atoms with van der Waals surface area (Å²) in [5.74, 6) is -0.491. The molecule has 0 aliphatic carbocycles. The van der Waals surface area contributed by atoms with Crippen molar-refractivity contribution < 1.29 is 9.53 Å². The summed E-state index contributed by atoms with van der Waals surface area (Å²) in [7, 11) is 1.28. The minimum Gasteiger partial charge on any atom is -0.465 e. The molecular formula is C8H11NO2. The normalized spacial score (nSPS) is 10.5. The van der Waals surface area contributed by atoms with Crippen LogP contribution >= 0.6 is 0 Å². The van der Waals surface area contributed by atoms with Crippen LogP contribution in [0.5, 0.6) is 0 Å². The van der Waals surface area contributed by atoms with Crippen LogP contribution in [0.2, 0.25) is 0 Å². The van der Waals surface area contributed by atoms with E-state index in [1.807, 2.05) is 0 Å². The van der Waals surface area contributed by atoms with Gasteiger partial charge in [0.05, 0.1) is 12.7 Å². The third-order valence-electron chi connectivity index (χ3n) is 1.02. The highest BCUT2D eigenvalue weighted by Crippen LogP contribution is 1.98. The van der Waals surface area contributed by atoms with E-state index in [1.54, 1.807) is 0 Å². The summed E-state index contributed by atoms with van der Waals surface area (Å²) in [6.07, 6.45) is 2.83. The molecule has 0 aromatic heterocycles. The highest BCUT2D eigenvalue weighted by atomic mass is 16.5. The van der Waals surface area contributed by atoms with E-state index < -0.39 is 5.97 Å². The first kappa shape index (κ1) is 9.49. The first-order valence-electron chi connectivity index (χ1n) is 2.98. The van der Waals surface area contributed by atoms with Crippen molar-refractivity contribution in [1.29, 1.82) is 0 Å². The lowest BCUT2D eigenvalue weighted by Gasteiger charge is -1.97. The minimum atomic E-state index is -0.491. The molecule has 0 radical (unpaired) electrons. The number of allylic oxidation sites excluding steroid dienone is 1. The molecule has 0 heterocycles. The molecular weight excluding hydrogens is 142 g/mol. The molecule has 0 spiro atoms. The molecule has 0 saturated carbocycles. The van der Waals surface area contributed by atoms with Crippen molar-refractivity contribution in [1.82, 2.24) is 0 Å². The maximum Gasteiger partial charge on any atom is 0.337 e. The fraction of sp³-hybridized carbons (Fsp3) is 0.125. The van der Waals surface area contributed by atoms with Crippen LogP contribution in [-0.2, 0) is 9.53 Å². The summed E-state index contributed by atoms with van der Waals surface area (Å²) >= 11 is 0. The van der Waals surface area contributed by atoms with Crippen LogP contribution in [0.4, 0.5) is 0 Å². The molecule has 0 aliphatic heterocycles. The zero-order valence-corrected chi connectivity index (χ0v) is 6.46. The van der Waals surface area contributed by atoms with Crippen molar-refractivity contribution in [2.45, 2.75) is 0 Å². The van der Waals surface area contributed by atoms with Crippen molar-refractivity contribution in [3.8, 4) is 0 Å². The third-order valence-corrected chi connectivity index (χ3v) is 1.02. The predicted octanol–water partition coefficient (Wildman–Crippen LogP) is 0.744. The van der Waals surface area contributed by atoms with Crippen LogP contribution in [-0.4, -0.2) is 13.1 Å². The summed E-state index contributed by atoms with van der Waals surface area (Å²) in [6, 6.07) is 0. The van der Waals surface area contributed by atoms with Gasteiger partial charge in [0, 0.05) is 5.70 Å². The van der Waals surface area contributed by atoms with Crippen LogP contribution in [0.15, 0.2) is 36.6 Å². The van der Waals surface area contributed by atoms with Gasteiger partial charge in [-0.05, 0) is 12.2 Å². The van der Waals surface area contributed by atoms with Gasteiger partial charge in [-0.3, -0.25) is 0 Å². The Balaban J connectivity index is 4.28. The molecule has 0 saturated heterocycles. The monoisotopic (exact) mass is 153 g/mol. The molecule has 0 unspecified atom stereocenters. The Morgan fingerprint density at radius 2 is 2.18 bits per heavy atom. The Bertz CT molecular complexity index is 216. The summed E-state index contributed by atoms with van der Waals surface area (Å²) < 4.78 is 4.38. The number of hydrogen-bond acceptors (Lipinski definition) is 3. The number of esters is 1. The predicted molar refractivity (Wildman–Crippen MR) is 43.6 cm³/mol. The number of ether oxygens (including phenoxy) is 1. The van der Waals surface area contributed by atoms with E-state index in [0.717, 1.165) is 0 Å². The summed E-state index contributed by atoms with van der Waals surface area (Å²) in [6.45, 7) is 6.85. The lowest BCUT2D eigenvalue weighted by Crippen LogP contribution is -2.03. The van der Waals surface area contributed by atoms with Gasteiger partial charge in [0.25, 0.3) is 0 Å². The van der Waals surface area contributed by atoms with Crippen molar-refractivity contribution >= 4 is 5.97 Å². The average molecular weight is 153 g/mol. The lowest BCUT2D eigenvalue weighted by molar-refractivity contribution is -0.135. The average Bonchev–Trinajstić information content (AvgIpc) is 2.02. The number of carbonyl (C=O) groups excluding carboxylic acids is 1. The second-order valence-corrected chi connectivity index (χ2v) is 1.87. The van der Waals surface area contributed by atoms with E-state index in [4.69, 9.17) is 5.73 Å². The minimum absolute atomic E-state index is 0.213. The molecule has 0 fully saturated rings. The van der Waals surface area contributed by atoms with E-state index in [2.05, 4.69) is 17.9 Å². The maximum absolute atomic E-state index is 10.7. The van der Waals surface area contributed by atoms with E-state index in [-0.39, 0.29) is 5.57 Å². The molecule has 0 aromatic carbocycles. The second-order valence-electron chi connectivity index (χ2n) is 1.87. The largest absolute Gasteiger partial charge is 0.465 e. The summed E-state index contributed by atoms with van der Waals surface area (Å²) in [4.78, 5) is 10.7. The highest BCUT2D eigenvalue weighted by Gasteiger charge is 2.01. The van der Waals surface area contributed by atoms with Crippen LogP contribution in [0.3, 0.4) is 0 Å². The smallest absolute Gasteiger partial charge is 0.337 e. The van der Waals surface area contributed by atoms with E-state index in [9.17, 15) is 4.79 Å².